The van der Waals surface area contributed by atoms with Crippen molar-refractivity contribution in [3.05, 3.63) is 42.6 Å². The van der Waals surface area contributed by atoms with Crippen molar-refractivity contribution >= 4 is 10.9 Å². The van der Waals surface area contributed by atoms with Gasteiger partial charge in [0.05, 0.1) is 17.8 Å². The Morgan fingerprint density at radius 2 is 2.16 bits per heavy atom. The summed E-state index contributed by atoms with van der Waals surface area (Å²) in [6, 6.07) is 5.37. The van der Waals surface area contributed by atoms with Crippen LogP contribution < -0.4 is 0 Å². The largest absolute Gasteiger partial charge is 0.360 e. The van der Waals surface area contributed by atoms with Crippen LogP contribution in [0.5, 0.6) is 0 Å². The summed E-state index contributed by atoms with van der Waals surface area (Å²) in [6.07, 6.45) is 8.80. The third-order valence-electron chi connectivity index (χ3n) is 4.91. The minimum atomic E-state index is -0.250. The summed E-state index contributed by atoms with van der Waals surface area (Å²) in [5.74, 6) is 1.08. The van der Waals surface area contributed by atoms with Crippen LogP contribution in [0.15, 0.2) is 36.8 Å². The highest BCUT2D eigenvalue weighted by Gasteiger charge is 2.27. The number of hydrogen-bond acceptors (Lipinski definition) is 3. The molecule has 7 heteroatoms. The first-order valence-corrected chi connectivity index (χ1v) is 8.42. The van der Waals surface area contributed by atoms with E-state index in [0.717, 1.165) is 29.5 Å². The van der Waals surface area contributed by atoms with Gasteiger partial charge in [-0.05, 0) is 31.4 Å². The molecule has 25 heavy (non-hydrogen) atoms. The summed E-state index contributed by atoms with van der Waals surface area (Å²) < 4.78 is 18.1. The summed E-state index contributed by atoms with van der Waals surface area (Å²) in [4.78, 5) is 7.89. The first kappa shape index (κ1) is 14.4. The predicted octanol–water partition coefficient (Wildman–Crippen LogP) is 3.69. The van der Waals surface area contributed by atoms with E-state index in [-0.39, 0.29) is 5.82 Å². The lowest BCUT2D eigenvalue weighted by molar-refractivity contribution is 0.292. The van der Waals surface area contributed by atoms with E-state index in [0.29, 0.717) is 23.1 Å². The Morgan fingerprint density at radius 3 is 2.88 bits per heavy atom. The van der Waals surface area contributed by atoms with Crippen molar-refractivity contribution in [3.63, 3.8) is 0 Å². The second-order valence-corrected chi connectivity index (χ2v) is 6.56. The molecule has 1 saturated carbocycles. The Bertz CT molecular complexity index is 1070. The molecule has 1 aromatic carbocycles. The average Bonchev–Trinajstić information content (AvgIpc) is 3.24. The summed E-state index contributed by atoms with van der Waals surface area (Å²) in [6.45, 7) is 0. The number of fused-ring (bicyclic) bond motifs is 1. The quantitative estimate of drug-likeness (QED) is 0.620. The van der Waals surface area contributed by atoms with Gasteiger partial charge in [-0.2, -0.15) is 10.2 Å². The number of H-pyrrole nitrogens is 1. The zero-order chi connectivity index (χ0) is 17.0. The summed E-state index contributed by atoms with van der Waals surface area (Å²) >= 11 is 0. The van der Waals surface area contributed by atoms with E-state index in [4.69, 9.17) is 10.1 Å². The van der Waals surface area contributed by atoms with Gasteiger partial charge in [0.15, 0.2) is 11.6 Å². The Hall–Kier alpha value is -2.96. The topological polar surface area (TPSA) is 64.3 Å². The monoisotopic (exact) mass is 336 g/mol. The molecule has 0 unspecified atom stereocenters. The third kappa shape index (κ3) is 2.19. The van der Waals surface area contributed by atoms with Crippen molar-refractivity contribution in [2.75, 3.05) is 0 Å². The molecule has 0 aliphatic heterocycles. The van der Waals surface area contributed by atoms with Crippen LogP contribution in [0.2, 0.25) is 0 Å². The molecule has 1 fully saturated rings. The molecule has 6 nitrogen and oxygen atoms in total. The van der Waals surface area contributed by atoms with Gasteiger partial charge in [0.2, 0.25) is 0 Å². The molecule has 0 amide bonds. The van der Waals surface area contributed by atoms with Gasteiger partial charge in [-0.25, -0.2) is 14.1 Å². The fourth-order valence-corrected chi connectivity index (χ4v) is 3.37. The highest BCUT2D eigenvalue weighted by Crippen LogP contribution is 2.37. The van der Waals surface area contributed by atoms with E-state index in [1.165, 1.54) is 12.5 Å². The van der Waals surface area contributed by atoms with Crippen molar-refractivity contribution < 1.29 is 4.39 Å². The summed E-state index contributed by atoms with van der Waals surface area (Å²) in [5.41, 5.74) is 2.38. The molecular weight excluding hydrogens is 319 g/mol. The molecule has 1 aliphatic carbocycles. The van der Waals surface area contributed by atoms with Crippen LogP contribution in [-0.2, 0) is 7.05 Å². The maximum Gasteiger partial charge on any atom is 0.184 e. The van der Waals surface area contributed by atoms with Crippen LogP contribution in [-0.4, -0.2) is 29.5 Å². The van der Waals surface area contributed by atoms with Crippen LogP contribution in [0.3, 0.4) is 0 Å². The lowest BCUT2D eigenvalue weighted by Crippen LogP contribution is -2.19. The fraction of sp³-hybridized carbons (Fsp3) is 0.278. The average molecular weight is 336 g/mol. The lowest BCUT2D eigenvalue weighted by Gasteiger charge is -2.26. The number of aromatic nitrogens is 6. The van der Waals surface area contributed by atoms with Crippen molar-refractivity contribution in [1.29, 1.82) is 0 Å². The number of aryl methyl sites for hydroxylation is 1. The van der Waals surface area contributed by atoms with E-state index in [1.807, 2.05) is 30.2 Å². The van der Waals surface area contributed by atoms with Crippen molar-refractivity contribution in [3.8, 4) is 22.8 Å². The van der Waals surface area contributed by atoms with E-state index < -0.39 is 0 Å². The highest BCUT2D eigenvalue weighted by atomic mass is 19.1. The van der Waals surface area contributed by atoms with Gasteiger partial charge < -0.3 is 4.98 Å². The Kier molecular flexibility index (Phi) is 3.03. The van der Waals surface area contributed by atoms with E-state index in [2.05, 4.69) is 10.1 Å². The molecule has 1 N–H and O–H groups in total. The zero-order valence-corrected chi connectivity index (χ0v) is 13.8. The second kappa shape index (κ2) is 5.27. The minimum Gasteiger partial charge on any atom is -0.360 e. The van der Waals surface area contributed by atoms with Crippen LogP contribution >= 0.6 is 0 Å². The molecule has 0 atom stereocenters. The molecule has 3 aromatic heterocycles. The van der Waals surface area contributed by atoms with Crippen molar-refractivity contribution in [2.24, 2.45) is 7.05 Å². The normalized spacial score (nSPS) is 15.0. The number of aromatic amines is 1. The van der Waals surface area contributed by atoms with Gasteiger partial charge in [0, 0.05) is 35.9 Å². The van der Waals surface area contributed by atoms with Crippen LogP contribution in [0, 0.1) is 5.82 Å². The third-order valence-corrected chi connectivity index (χ3v) is 4.91. The highest BCUT2D eigenvalue weighted by molar-refractivity contribution is 5.94. The second-order valence-electron chi connectivity index (χ2n) is 6.56. The van der Waals surface area contributed by atoms with Crippen LogP contribution in [0.1, 0.15) is 25.3 Å². The van der Waals surface area contributed by atoms with Gasteiger partial charge in [0.25, 0.3) is 0 Å². The standard InChI is InChI=1S/C18H17FN6/c1-24-10-11(8-21-24)17-22-18(25(23-17)12-4-2-5-12)13-9-20-15-7-3-6-14(19)16(13)15/h3,6-10,12,20H,2,4-5H2,1H3. The molecular formula is C18H17FN6. The maximum absolute atomic E-state index is 14.4. The summed E-state index contributed by atoms with van der Waals surface area (Å²) in [7, 11) is 1.86. The zero-order valence-electron chi connectivity index (χ0n) is 13.8. The number of nitrogens with zero attached hydrogens (tertiary/aromatic N) is 5. The molecule has 0 spiro atoms. The number of nitrogens with one attached hydrogen (secondary N) is 1. The van der Waals surface area contributed by atoms with Crippen LogP contribution in [0.4, 0.5) is 4.39 Å². The van der Waals surface area contributed by atoms with Crippen LogP contribution in [0.25, 0.3) is 33.7 Å². The fourth-order valence-electron chi connectivity index (χ4n) is 3.37. The smallest absolute Gasteiger partial charge is 0.184 e. The molecule has 0 saturated heterocycles. The Balaban J connectivity index is 1.72. The first-order chi connectivity index (χ1) is 12.2. The van der Waals surface area contributed by atoms with Crippen molar-refractivity contribution in [2.45, 2.75) is 25.3 Å². The molecule has 1 aliphatic rings. The lowest BCUT2D eigenvalue weighted by atomic mass is 9.93. The number of hydrogen-bond donors (Lipinski definition) is 1. The number of halogens is 1. The van der Waals surface area contributed by atoms with E-state index in [1.54, 1.807) is 16.9 Å². The van der Waals surface area contributed by atoms with Gasteiger partial charge >= 0.3 is 0 Å². The SMILES string of the molecule is Cn1cc(-c2nc(-c3c[nH]c4cccc(F)c34)n(C3CCC3)n2)cn1. The Morgan fingerprint density at radius 1 is 1.28 bits per heavy atom. The van der Waals surface area contributed by atoms with Crippen molar-refractivity contribution in [1.82, 2.24) is 29.5 Å². The first-order valence-electron chi connectivity index (χ1n) is 8.42. The molecule has 0 bridgehead atoms. The van der Waals surface area contributed by atoms with Gasteiger partial charge in [0.1, 0.15) is 5.82 Å². The summed E-state index contributed by atoms with van der Waals surface area (Å²) in [5, 5.41) is 9.49. The molecule has 5 rings (SSSR count). The predicted molar refractivity (Wildman–Crippen MR) is 92.4 cm³/mol. The Labute approximate surface area is 143 Å². The molecule has 4 aromatic rings. The van der Waals surface area contributed by atoms with E-state index in [9.17, 15) is 4.39 Å². The number of rotatable bonds is 3. The molecule has 3 heterocycles. The van der Waals surface area contributed by atoms with Gasteiger partial charge in [-0.15, -0.1) is 0 Å². The molecule has 0 radical (unpaired) electrons. The molecule has 126 valence electrons. The van der Waals surface area contributed by atoms with Gasteiger partial charge in [-0.1, -0.05) is 6.07 Å². The number of benzene rings is 1. The van der Waals surface area contributed by atoms with E-state index >= 15 is 0 Å². The minimum absolute atomic E-state index is 0.250. The van der Waals surface area contributed by atoms with Gasteiger partial charge in [-0.3, -0.25) is 4.68 Å². The maximum atomic E-state index is 14.4.